The van der Waals surface area contributed by atoms with E-state index >= 15 is 0 Å². The summed E-state index contributed by atoms with van der Waals surface area (Å²) >= 11 is 0. The number of carbonyl (C=O) groups excluding carboxylic acids is 1. The van der Waals surface area contributed by atoms with Crippen LogP contribution in [0.4, 0.5) is 0 Å². The van der Waals surface area contributed by atoms with Crippen LogP contribution in [-0.4, -0.2) is 85.3 Å². The monoisotopic (exact) mass is 348 g/mol. The summed E-state index contributed by atoms with van der Waals surface area (Å²) in [7, 11) is 3.51. The highest BCUT2D eigenvalue weighted by atomic mass is 16.5. The van der Waals surface area contributed by atoms with Gasteiger partial charge in [-0.1, -0.05) is 0 Å². The number of rotatable bonds is 6. The van der Waals surface area contributed by atoms with Gasteiger partial charge in [-0.2, -0.15) is 0 Å². The van der Waals surface area contributed by atoms with Crippen LogP contribution in [0.2, 0.25) is 0 Å². The lowest BCUT2D eigenvalue weighted by Gasteiger charge is -2.39. The first kappa shape index (κ1) is 18.2. The Labute approximate surface area is 149 Å². The number of hydrogen-bond acceptors (Lipinski definition) is 6. The van der Waals surface area contributed by atoms with Gasteiger partial charge in [0.1, 0.15) is 12.0 Å². The van der Waals surface area contributed by atoms with E-state index in [1.54, 1.807) is 26.5 Å². The van der Waals surface area contributed by atoms with Crippen molar-refractivity contribution >= 4 is 5.91 Å². The predicted molar refractivity (Wildman–Crippen MR) is 93.3 cm³/mol. The van der Waals surface area contributed by atoms with E-state index in [1.165, 1.54) is 6.33 Å². The number of nitrogens with zero attached hydrogens (tertiary/aromatic N) is 4. The van der Waals surface area contributed by atoms with E-state index in [1.807, 2.05) is 4.90 Å². The summed E-state index contributed by atoms with van der Waals surface area (Å²) < 4.78 is 10.7. The maximum absolute atomic E-state index is 12.6. The maximum Gasteiger partial charge on any atom is 0.272 e. The van der Waals surface area contributed by atoms with Crippen molar-refractivity contribution in [2.45, 2.75) is 25.3 Å². The third-order valence-corrected chi connectivity index (χ3v) is 5.58. The molecule has 1 amide bonds. The molecule has 2 saturated heterocycles. The van der Waals surface area contributed by atoms with Crippen molar-refractivity contribution in [1.82, 2.24) is 19.8 Å². The molecule has 2 aliphatic heterocycles. The van der Waals surface area contributed by atoms with E-state index < -0.39 is 0 Å². The minimum absolute atomic E-state index is 0.0138. The summed E-state index contributed by atoms with van der Waals surface area (Å²) in [5, 5.41) is 0. The van der Waals surface area contributed by atoms with Gasteiger partial charge in [-0.15, -0.1) is 0 Å². The smallest absolute Gasteiger partial charge is 0.272 e. The van der Waals surface area contributed by atoms with Gasteiger partial charge in [0.25, 0.3) is 5.91 Å². The summed E-state index contributed by atoms with van der Waals surface area (Å²) in [6, 6.07) is 2.13. The number of ether oxygens (including phenoxy) is 2. The standard InChI is InChI=1S/C18H28N4O3/c1-24-10-9-22-13-18(11-15(22)12-25-2)4-7-21(8-5-18)17(23)16-3-6-19-14-20-16/h3,6,14-15H,4-5,7-13H2,1-2H3. The molecule has 0 radical (unpaired) electrons. The highest BCUT2D eigenvalue weighted by Crippen LogP contribution is 2.43. The molecule has 1 aromatic rings. The van der Waals surface area contributed by atoms with E-state index in [2.05, 4.69) is 14.9 Å². The zero-order chi connectivity index (χ0) is 17.7. The molecule has 1 unspecified atom stereocenters. The Morgan fingerprint density at radius 2 is 2.12 bits per heavy atom. The molecule has 0 N–H and O–H groups in total. The number of aromatic nitrogens is 2. The lowest BCUT2D eigenvalue weighted by atomic mass is 9.76. The SMILES string of the molecule is COCCN1CC2(CCN(C(=O)c3ccncn3)CC2)CC1COC. The molecule has 7 heteroatoms. The Morgan fingerprint density at radius 1 is 1.32 bits per heavy atom. The Kier molecular flexibility index (Phi) is 5.98. The van der Waals surface area contributed by atoms with Gasteiger partial charge in [0, 0.05) is 52.6 Å². The van der Waals surface area contributed by atoms with E-state index in [4.69, 9.17) is 9.47 Å². The average molecular weight is 348 g/mol. The van der Waals surface area contributed by atoms with Crippen molar-refractivity contribution in [3.05, 3.63) is 24.3 Å². The first-order valence-electron chi connectivity index (χ1n) is 8.95. The van der Waals surface area contributed by atoms with Crippen molar-refractivity contribution in [1.29, 1.82) is 0 Å². The van der Waals surface area contributed by atoms with Gasteiger partial charge in [-0.25, -0.2) is 9.97 Å². The zero-order valence-corrected chi connectivity index (χ0v) is 15.2. The molecule has 25 heavy (non-hydrogen) atoms. The third kappa shape index (κ3) is 4.16. The third-order valence-electron chi connectivity index (χ3n) is 5.58. The minimum atomic E-state index is 0.0138. The van der Waals surface area contributed by atoms with Crippen molar-refractivity contribution in [2.24, 2.45) is 5.41 Å². The predicted octanol–water partition coefficient (Wildman–Crippen LogP) is 1.07. The van der Waals surface area contributed by atoms with Gasteiger partial charge < -0.3 is 14.4 Å². The van der Waals surface area contributed by atoms with Gasteiger partial charge >= 0.3 is 0 Å². The van der Waals surface area contributed by atoms with Crippen LogP contribution >= 0.6 is 0 Å². The molecule has 3 rings (SSSR count). The number of hydrogen-bond donors (Lipinski definition) is 0. The number of methoxy groups -OCH3 is 2. The first-order valence-corrected chi connectivity index (χ1v) is 8.95. The maximum atomic E-state index is 12.6. The fourth-order valence-corrected chi connectivity index (χ4v) is 4.21. The van der Waals surface area contributed by atoms with Gasteiger partial charge in [0.05, 0.1) is 13.2 Å². The fourth-order valence-electron chi connectivity index (χ4n) is 4.21. The second-order valence-electron chi connectivity index (χ2n) is 7.16. The summed E-state index contributed by atoms with van der Waals surface area (Å²) in [4.78, 5) is 25.0. The highest BCUT2D eigenvalue weighted by Gasteiger charge is 2.45. The lowest BCUT2D eigenvalue weighted by molar-refractivity contribution is 0.0576. The van der Waals surface area contributed by atoms with Crippen LogP contribution in [0, 0.1) is 5.41 Å². The second-order valence-corrected chi connectivity index (χ2v) is 7.16. The van der Waals surface area contributed by atoms with Gasteiger partial charge in [-0.3, -0.25) is 9.69 Å². The van der Waals surface area contributed by atoms with Gasteiger partial charge in [0.2, 0.25) is 0 Å². The number of carbonyl (C=O) groups is 1. The van der Waals surface area contributed by atoms with Crippen molar-refractivity contribution in [2.75, 3.05) is 53.6 Å². The molecule has 1 atom stereocenters. The van der Waals surface area contributed by atoms with Crippen molar-refractivity contribution in [3.8, 4) is 0 Å². The average Bonchev–Trinajstić information content (AvgIpc) is 2.98. The van der Waals surface area contributed by atoms with Crippen LogP contribution in [0.25, 0.3) is 0 Å². The minimum Gasteiger partial charge on any atom is -0.383 e. The van der Waals surface area contributed by atoms with Crippen LogP contribution < -0.4 is 0 Å². The summed E-state index contributed by atoms with van der Waals surface area (Å²) in [6.07, 6.45) is 6.26. The number of piperidine rings is 1. The molecule has 2 fully saturated rings. The highest BCUT2D eigenvalue weighted by molar-refractivity contribution is 5.92. The zero-order valence-electron chi connectivity index (χ0n) is 15.2. The Morgan fingerprint density at radius 3 is 2.76 bits per heavy atom. The Bertz CT molecular complexity index is 561. The molecule has 1 spiro atoms. The van der Waals surface area contributed by atoms with Crippen LogP contribution in [-0.2, 0) is 9.47 Å². The lowest BCUT2D eigenvalue weighted by Crippen LogP contribution is -2.44. The second kappa shape index (κ2) is 8.21. The summed E-state index contributed by atoms with van der Waals surface area (Å²) in [5.41, 5.74) is 0.774. The van der Waals surface area contributed by atoms with Gasteiger partial charge in [-0.05, 0) is 30.7 Å². The molecule has 3 heterocycles. The molecule has 0 aliphatic carbocycles. The van der Waals surface area contributed by atoms with Crippen LogP contribution in [0.1, 0.15) is 29.8 Å². The topological polar surface area (TPSA) is 67.8 Å². The molecule has 0 saturated carbocycles. The summed E-state index contributed by atoms with van der Waals surface area (Å²) in [5.74, 6) is 0.0138. The normalized spacial score (nSPS) is 23.3. The quantitative estimate of drug-likeness (QED) is 0.766. The van der Waals surface area contributed by atoms with Crippen LogP contribution in [0.15, 0.2) is 18.6 Å². The van der Waals surface area contributed by atoms with E-state index in [0.29, 0.717) is 17.2 Å². The van der Waals surface area contributed by atoms with E-state index in [0.717, 1.165) is 58.7 Å². The fraction of sp³-hybridized carbons (Fsp3) is 0.722. The molecule has 1 aromatic heterocycles. The van der Waals surface area contributed by atoms with E-state index in [9.17, 15) is 4.79 Å². The van der Waals surface area contributed by atoms with Crippen molar-refractivity contribution in [3.63, 3.8) is 0 Å². The number of amides is 1. The molecule has 138 valence electrons. The molecule has 2 aliphatic rings. The van der Waals surface area contributed by atoms with Crippen LogP contribution in [0.3, 0.4) is 0 Å². The van der Waals surface area contributed by atoms with E-state index in [-0.39, 0.29) is 5.91 Å². The number of likely N-dealkylation sites (tertiary alicyclic amines) is 2. The Hall–Kier alpha value is -1.57. The van der Waals surface area contributed by atoms with Gasteiger partial charge in [0.15, 0.2) is 0 Å². The first-order chi connectivity index (χ1) is 12.2. The molecular weight excluding hydrogens is 320 g/mol. The molecule has 0 aromatic carbocycles. The molecule has 0 bridgehead atoms. The Balaban J connectivity index is 1.60. The largest absolute Gasteiger partial charge is 0.383 e. The summed E-state index contributed by atoms with van der Waals surface area (Å²) in [6.45, 7) is 5.10. The molecular formula is C18H28N4O3. The van der Waals surface area contributed by atoms with Crippen molar-refractivity contribution < 1.29 is 14.3 Å². The molecule has 7 nitrogen and oxygen atoms in total. The van der Waals surface area contributed by atoms with Crippen LogP contribution in [0.5, 0.6) is 0 Å².